The Labute approximate surface area is 118 Å². The molecule has 2 heterocycles. The number of hydrogen-bond acceptors (Lipinski definition) is 4. The lowest BCUT2D eigenvalue weighted by Gasteiger charge is -2.00. The number of carbonyl (C=O) groups excluding carboxylic acids is 1. The van der Waals surface area contributed by atoms with E-state index in [0.29, 0.717) is 10.7 Å². The van der Waals surface area contributed by atoms with Crippen LogP contribution in [0.25, 0.3) is 21.8 Å². The zero-order chi connectivity index (χ0) is 14.1. The van der Waals surface area contributed by atoms with Crippen LogP contribution in [0, 0.1) is 5.82 Å². The van der Waals surface area contributed by atoms with Crippen molar-refractivity contribution in [2.75, 3.05) is 0 Å². The molecule has 3 rings (SSSR count). The summed E-state index contributed by atoms with van der Waals surface area (Å²) in [4.78, 5) is 16.7. The summed E-state index contributed by atoms with van der Waals surface area (Å²) in [5.41, 5.74) is 2.21. The number of thiazole rings is 1. The Kier molecular flexibility index (Phi) is 3.15. The number of aromatic amines is 1. The highest BCUT2D eigenvalue weighted by atomic mass is 32.1. The minimum Gasteiger partial charge on any atom is -0.292 e. The molecule has 4 nitrogen and oxygen atoms in total. The quantitative estimate of drug-likeness (QED) is 0.749. The summed E-state index contributed by atoms with van der Waals surface area (Å²) >= 11 is 1.29. The van der Waals surface area contributed by atoms with Gasteiger partial charge in [0.1, 0.15) is 11.5 Å². The van der Waals surface area contributed by atoms with Crippen LogP contribution < -0.4 is 0 Å². The first-order valence-corrected chi connectivity index (χ1v) is 6.74. The Balaban J connectivity index is 2.18. The van der Waals surface area contributed by atoms with Gasteiger partial charge in [0.05, 0.1) is 10.6 Å². The molecular formula is C14H10FN3OS. The highest BCUT2D eigenvalue weighted by Crippen LogP contribution is 2.36. The Morgan fingerprint density at radius 2 is 2.00 bits per heavy atom. The van der Waals surface area contributed by atoms with E-state index in [1.807, 2.05) is 0 Å². The van der Waals surface area contributed by atoms with Crippen LogP contribution >= 0.6 is 11.3 Å². The summed E-state index contributed by atoms with van der Waals surface area (Å²) < 4.78 is 13.0. The van der Waals surface area contributed by atoms with Gasteiger partial charge in [-0.15, -0.1) is 11.3 Å². The summed E-state index contributed by atoms with van der Waals surface area (Å²) in [5.74, 6) is -0.391. The number of carbonyl (C=O) groups is 1. The number of nitrogens with zero attached hydrogens (tertiary/aromatic N) is 2. The third kappa shape index (κ3) is 2.25. The van der Waals surface area contributed by atoms with Crippen LogP contribution in [0.1, 0.15) is 16.7 Å². The van der Waals surface area contributed by atoms with Gasteiger partial charge >= 0.3 is 0 Å². The number of halogens is 1. The first-order chi connectivity index (χ1) is 9.65. The number of ketones is 1. The van der Waals surface area contributed by atoms with E-state index in [4.69, 9.17) is 0 Å². The number of nitrogens with one attached hydrogen (secondary N) is 1. The summed E-state index contributed by atoms with van der Waals surface area (Å²) in [6, 6.07) is 7.91. The maximum absolute atomic E-state index is 13.0. The van der Waals surface area contributed by atoms with Crippen molar-refractivity contribution in [2.45, 2.75) is 6.92 Å². The Morgan fingerprint density at radius 3 is 2.60 bits per heavy atom. The van der Waals surface area contributed by atoms with Gasteiger partial charge in [-0.1, -0.05) is 12.1 Å². The molecule has 0 spiro atoms. The SMILES string of the molecule is CC(=O)c1nc(-c2ccn[nH]2)c(-c2ccc(F)cc2)s1. The molecule has 0 bridgehead atoms. The molecule has 6 heteroatoms. The minimum atomic E-state index is -0.298. The lowest BCUT2D eigenvalue weighted by atomic mass is 10.1. The Morgan fingerprint density at radius 1 is 1.25 bits per heavy atom. The first-order valence-electron chi connectivity index (χ1n) is 5.92. The van der Waals surface area contributed by atoms with Gasteiger partial charge in [0.25, 0.3) is 0 Å². The number of rotatable bonds is 3. The molecule has 0 saturated heterocycles. The molecule has 0 aliphatic carbocycles. The molecule has 2 aromatic heterocycles. The third-order valence-electron chi connectivity index (χ3n) is 2.79. The molecule has 0 aliphatic rings. The number of benzene rings is 1. The minimum absolute atomic E-state index is 0.0934. The van der Waals surface area contributed by atoms with Gasteiger partial charge < -0.3 is 0 Å². The third-order valence-corrected chi connectivity index (χ3v) is 4.00. The maximum Gasteiger partial charge on any atom is 0.188 e. The second-order valence-corrected chi connectivity index (χ2v) is 5.23. The number of H-pyrrole nitrogens is 1. The van der Waals surface area contributed by atoms with E-state index in [2.05, 4.69) is 15.2 Å². The molecular weight excluding hydrogens is 277 g/mol. The molecule has 3 aromatic rings. The van der Waals surface area contributed by atoms with E-state index >= 15 is 0 Å². The predicted octanol–water partition coefficient (Wildman–Crippen LogP) is 3.54. The molecule has 1 N–H and O–H groups in total. The molecule has 0 amide bonds. The van der Waals surface area contributed by atoms with Crippen molar-refractivity contribution in [1.82, 2.24) is 15.2 Å². The second kappa shape index (κ2) is 4.97. The number of hydrogen-bond donors (Lipinski definition) is 1. The summed E-state index contributed by atoms with van der Waals surface area (Å²) in [7, 11) is 0. The molecule has 0 saturated carbocycles. The average molecular weight is 287 g/mol. The van der Waals surface area contributed by atoms with Crippen molar-refractivity contribution in [3.63, 3.8) is 0 Å². The summed E-state index contributed by atoms with van der Waals surface area (Å²) in [5, 5.41) is 7.16. The molecule has 100 valence electrons. The van der Waals surface area contributed by atoms with Crippen LogP contribution in [0.5, 0.6) is 0 Å². The van der Waals surface area contributed by atoms with Crippen molar-refractivity contribution in [2.24, 2.45) is 0 Å². The molecule has 0 unspecified atom stereocenters. The highest BCUT2D eigenvalue weighted by Gasteiger charge is 2.17. The van der Waals surface area contributed by atoms with Crippen molar-refractivity contribution < 1.29 is 9.18 Å². The van der Waals surface area contributed by atoms with Crippen LogP contribution in [-0.4, -0.2) is 21.0 Å². The van der Waals surface area contributed by atoms with Gasteiger partial charge in [-0.2, -0.15) is 5.10 Å². The lowest BCUT2D eigenvalue weighted by molar-refractivity contribution is 0.101. The molecule has 0 fully saturated rings. The molecule has 1 aromatic carbocycles. The molecule has 0 aliphatic heterocycles. The van der Waals surface area contributed by atoms with Gasteiger partial charge in [0, 0.05) is 13.1 Å². The van der Waals surface area contributed by atoms with Crippen LogP contribution in [0.2, 0.25) is 0 Å². The van der Waals surface area contributed by atoms with E-state index in [9.17, 15) is 9.18 Å². The average Bonchev–Trinajstić information content (AvgIpc) is 3.08. The Bertz CT molecular complexity index is 747. The first kappa shape index (κ1) is 12.7. The van der Waals surface area contributed by atoms with Gasteiger partial charge in [0.2, 0.25) is 0 Å². The maximum atomic E-state index is 13.0. The highest BCUT2D eigenvalue weighted by molar-refractivity contribution is 7.17. The van der Waals surface area contributed by atoms with E-state index in [1.165, 1.54) is 30.4 Å². The topological polar surface area (TPSA) is 58.6 Å². The fourth-order valence-electron chi connectivity index (χ4n) is 1.84. The normalized spacial score (nSPS) is 10.7. The smallest absolute Gasteiger partial charge is 0.188 e. The number of Topliss-reactive ketones (excluding diaryl/α,β-unsaturated/α-hetero) is 1. The monoisotopic (exact) mass is 287 g/mol. The van der Waals surface area contributed by atoms with E-state index in [-0.39, 0.29) is 11.6 Å². The van der Waals surface area contributed by atoms with Gasteiger partial charge in [-0.05, 0) is 23.8 Å². The van der Waals surface area contributed by atoms with Crippen LogP contribution in [0.4, 0.5) is 4.39 Å². The summed E-state index contributed by atoms with van der Waals surface area (Å²) in [6.45, 7) is 1.48. The standard InChI is InChI=1S/C14H10FN3OS/c1-8(19)14-17-12(11-6-7-16-18-11)13(20-14)9-2-4-10(15)5-3-9/h2-7H,1H3,(H,16,18). The van der Waals surface area contributed by atoms with Gasteiger partial charge in [-0.3, -0.25) is 9.89 Å². The van der Waals surface area contributed by atoms with Crippen LogP contribution in [-0.2, 0) is 0 Å². The number of aromatic nitrogens is 3. The van der Waals surface area contributed by atoms with Crippen molar-refractivity contribution in [1.29, 1.82) is 0 Å². The van der Waals surface area contributed by atoms with Crippen LogP contribution in [0.3, 0.4) is 0 Å². The molecule has 0 radical (unpaired) electrons. The van der Waals surface area contributed by atoms with E-state index < -0.39 is 0 Å². The second-order valence-electron chi connectivity index (χ2n) is 4.23. The van der Waals surface area contributed by atoms with Crippen molar-refractivity contribution >= 4 is 17.1 Å². The lowest BCUT2D eigenvalue weighted by Crippen LogP contribution is -1.90. The fourth-order valence-corrected chi connectivity index (χ4v) is 2.82. The molecule has 20 heavy (non-hydrogen) atoms. The summed E-state index contributed by atoms with van der Waals surface area (Å²) in [6.07, 6.45) is 1.62. The van der Waals surface area contributed by atoms with Crippen molar-refractivity contribution in [3.05, 3.63) is 47.4 Å². The zero-order valence-corrected chi connectivity index (χ0v) is 11.4. The fraction of sp³-hybridized carbons (Fsp3) is 0.0714. The van der Waals surface area contributed by atoms with Crippen molar-refractivity contribution in [3.8, 4) is 21.8 Å². The largest absolute Gasteiger partial charge is 0.292 e. The van der Waals surface area contributed by atoms with E-state index in [1.54, 1.807) is 24.4 Å². The zero-order valence-electron chi connectivity index (χ0n) is 10.6. The van der Waals surface area contributed by atoms with Gasteiger partial charge in [0.15, 0.2) is 10.8 Å². The molecule has 0 atom stereocenters. The Hall–Kier alpha value is -2.34. The van der Waals surface area contributed by atoms with Gasteiger partial charge in [-0.25, -0.2) is 9.37 Å². The predicted molar refractivity (Wildman–Crippen MR) is 75.1 cm³/mol. The van der Waals surface area contributed by atoms with E-state index in [0.717, 1.165) is 16.1 Å². The van der Waals surface area contributed by atoms with Crippen LogP contribution in [0.15, 0.2) is 36.5 Å².